The molecule has 0 radical (unpaired) electrons. The van der Waals surface area contributed by atoms with Crippen molar-refractivity contribution in [2.75, 3.05) is 32.2 Å². The van der Waals surface area contributed by atoms with Gasteiger partial charge in [0, 0.05) is 39.0 Å². The Morgan fingerprint density at radius 1 is 1.44 bits per heavy atom. The zero-order valence-electron chi connectivity index (χ0n) is 11.1. The van der Waals surface area contributed by atoms with Gasteiger partial charge in [-0.25, -0.2) is 4.39 Å². The van der Waals surface area contributed by atoms with E-state index in [1.807, 2.05) is 13.1 Å². The molecule has 1 saturated carbocycles. The third-order valence-corrected chi connectivity index (χ3v) is 3.24. The van der Waals surface area contributed by atoms with Gasteiger partial charge in [-0.15, -0.1) is 0 Å². The number of hydrogen-bond acceptors (Lipinski definition) is 3. The summed E-state index contributed by atoms with van der Waals surface area (Å²) in [6.07, 6.45) is 2.48. The molecular formula is C14H21FN2O. The van der Waals surface area contributed by atoms with Crippen LogP contribution in [0.1, 0.15) is 18.4 Å². The summed E-state index contributed by atoms with van der Waals surface area (Å²) >= 11 is 0. The average Bonchev–Trinajstić information content (AvgIpc) is 3.17. The van der Waals surface area contributed by atoms with Gasteiger partial charge in [0.2, 0.25) is 0 Å². The lowest BCUT2D eigenvalue weighted by Crippen LogP contribution is -2.25. The van der Waals surface area contributed by atoms with E-state index in [2.05, 4.69) is 10.2 Å². The second-order valence-electron chi connectivity index (χ2n) is 4.84. The maximum Gasteiger partial charge on any atom is 0.123 e. The molecule has 0 heterocycles. The summed E-state index contributed by atoms with van der Waals surface area (Å²) in [5.74, 6) is -0.175. The number of likely N-dealkylation sites (N-methyl/N-ethyl adjacent to an activating group) is 1. The molecule has 18 heavy (non-hydrogen) atoms. The highest BCUT2D eigenvalue weighted by molar-refractivity contribution is 5.53. The highest BCUT2D eigenvalue weighted by atomic mass is 19.1. The van der Waals surface area contributed by atoms with Crippen LogP contribution in [0.3, 0.4) is 0 Å². The highest BCUT2D eigenvalue weighted by Gasteiger charge is 2.20. The Kier molecular flexibility index (Phi) is 4.55. The molecule has 1 aliphatic rings. The SMILES string of the molecule is COCCN(C)c1ccc(F)cc1CNC1CC1. The lowest BCUT2D eigenvalue weighted by molar-refractivity contribution is 0.206. The molecule has 1 aromatic rings. The van der Waals surface area contributed by atoms with E-state index < -0.39 is 0 Å². The smallest absolute Gasteiger partial charge is 0.123 e. The third kappa shape index (κ3) is 3.68. The Bertz CT molecular complexity index is 393. The van der Waals surface area contributed by atoms with Gasteiger partial charge in [-0.2, -0.15) is 0 Å². The van der Waals surface area contributed by atoms with Gasteiger partial charge in [0.25, 0.3) is 0 Å². The molecule has 2 rings (SSSR count). The molecule has 0 atom stereocenters. The fourth-order valence-corrected chi connectivity index (χ4v) is 1.96. The number of methoxy groups -OCH3 is 1. The first-order chi connectivity index (χ1) is 8.70. The molecule has 0 bridgehead atoms. The van der Waals surface area contributed by atoms with Gasteiger partial charge in [0.15, 0.2) is 0 Å². The third-order valence-electron chi connectivity index (χ3n) is 3.24. The molecule has 0 amide bonds. The number of nitrogens with zero attached hydrogens (tertiary/aromatic N) is 1. The van der Waals surface area contributed by atoms with Crippen LogP contribution in [0.4, 0.5) is 10.1 Å². The second-order valence-corrected chi connectivity index (χ2v) is 4.84. The zero-order chi connectivity index (χ0) is 13.0. The number of hydrogen-bond donors (Lipinski definition) is 1. The normalized spacial score (nSPS) is 14.8. The van der Waals surface area contributed by atoms with Crippen LogP contribution in [-0.2, 0) is 11.3 Å². The van der Waals surface area contributed by atoms with E-state index in [0.717, 1.165) is 24.3 Å². The van der Waals surface area contributed by atoms with Gasteiger partial charge in [-0.05, 0) is 36.6 Å². The first-order valence-corrected chi connectivity index (χ1v) is 6.42. The van der Waals surface area contributed by atoms with E-state index in [1.165, 1.54) is 18.9 Å². The van der Waals surface area contributed by atoms with Crippen LogP contribution in [0.15, 0.2) is 18.2 Å². The van der Waals surface area contributed by atoms with Crippen LogP contribution >= 0.6 is 0 Å². The van der Waals surface area contributed by atoms with Crippen LogP contribution in [0.25, 0.3) is 0 Å². The molecule has 0 saturated heterocycles. The fraction of sp³-hybridized carbons (Fsp3) is 0.571. The molecule has 0 aromatic heterocycles. The van der Waals surface area contributed by atoms with Crippen molar-refractivity contribution in [3.8, 4) is 0 Å². The Hall–Kier alpha value is -1.13. The van der Waals surface area contributed by atoms with E-state index in [9.17, 15) is 4.39 Å². The second kappa shape index (κ2) is 6.16. The summed E-state index contributed by atoms with van der Waals surface area (Å²) in [5.41, 5.74) is 2.09. The lowest BCUT2D eigenvalue weighted by Gasteiger charge is -2.22. The Labute approximate surface area is 108 Å². The van der Waals surface area contributed by atoms with Crippen LogP contribution in [0, 0.1) is 5.82 Å². The number of nitrogens with one attached hydrogen (secondary N) is 1. The van der Waals surface area contributed by atoms with Crippen molar-refractivity contribution in [3.63, 3.8) is 0 Å². The molecule has 0 spiro atoms. The number of rotatable bonds is 7. The van der Waals surface area contributed by atoms with Gasteiger partial charge in [-0.1, -0.05) is 0 Å². The largest absolute Gasteiger partial charge is 0.383 e. The minimum Gasteiger partial charge on any atom is -0.383 e. The van der Waals surface area contributed by atoms with Crippen LogP contribution in [-0.4, -0.2) is 33.4 Å². The molecule has 4 heteroatoms. The molecule has 0 aliphatic heterocycles. The first kappa shape index (κ1) is 13.3. The summed E-state index contributed by atoms with van der Waals surface area (Å²) in [7, 11) is 3.70. The highest BCUT2D eigenvalue weighted by Crippen LogP contribution is 2.23. The number of benzene rings is 1. The fourth-order valence-electron chi connectivity index (χ4n) is 1.96. The van der Waals surface area contributed by atoms with E-state index in [4.69, 9.17) is 4.74 Å². The lowest BCUT2D eigenvalue weighted by atomic mass is 10.1. The molecule has 1 N–H and O–H groups in total. The van der Waals surface area contributed by atoms with E-state index in [1.54, 1.807) is 13.2 Å². The van der Waals surface area contributed by atoms with Crippen LogP contribution < -0.4 is 10.2 Å². The molecule has 1 fully saturated rings. The Morgan fingerprint density at radius 3 is 2.89 bits per heavy atom. The summed E-state index contributed by atoms with van der Waals surface area (Å²) in [5, 5.41) is 3.43. The minimum atomic E-state index is -0.175. The maximum absolute atomic E-state index is 13.3. The quantitative estimate of drug-likeness (QED) is 0.805. The van der Waals surface area contributed by atoms with Gasteiger partial charge in [0.1, 0.15) is 5.82 Å². The molecule has 1 aromatic carbocycles. The molecule has 0 unspecified atom stereocenters. The van der Waals surface area contributed by atoms with Gasteiger partial charge in [-0.3, -0.25) is 0 Å². The molecule has 3 nitrogen and oxygen atoms in total. The Morgan fingerprint density at radius 2 is 2.22 bits per heavy atom. The van der Waals surface area contributed by atoms with Gasteiger partial charge >= 0.3 is 0 Å². The maximum atomic E-state index is 13.3. The van der Waals surface area contributed by atoms with E-state index in [0.29, 0.717) is 12.6 Å². The minimum absolute atomic E-state index is 0.175. The monoisotopic (exact) mass is 252 g/mol. The average molecular weight is 252 g/mol. The predicted molar refractivity (Wildman–Crippen MR) is 71.4 cm³/mol. The zero-order valence-corrected chi connectivity index (χ0v) is 11.1. The van der Waals surface area contributed by atoms with Crippen molar-refractivity contribution in [3.05, 3.63) is 29.6 Å². The molecule has 100 valence electrons. The first-order valence-electron chi connectivity index (χ1n) is 6.42. The van der Waals surface area contributed by atoms with E-state index >= 15 is 0 Å². The number of anilines is 1. The van der Waals surface area contributed by atoms with Gasteiger partial charge in [0.05, 0.1) is 6.61 Å². The van der Waals surface area contributed by atoms with Crippen LogP contribution in [0.5, 0.6) is 0 Å². The summed E-state index contributed by atoms with van der Waals surface area (Å²) < 4.78 is 18.4. The number of ether oxygens (including phenoxy) is 1. The van der Waals surface area contributed by atoms with Gasteiger partial charge < -0.3 is 15.0 Å². The van der Waals surface area contributed by atoms with Crippen molar-refractivity contribution in [1.29, 1.82) is 0 Å². The van der Waals surface area contributed by atoms with Crippen molar-refractivity contribution in [1.82, 2.24) is 5.32 Å². The summed E-state index contributed by atoms with van der Waals surface area (Å²) in [4.78, 5) is 2.10. The predicted octanol–water partition coefficient (Wildman–Crippen LogP) is 2.16. The van der Waals surface area contributed by atoms with Crippen LogP contribution in [0.2, 0.25) is 0 Å². The topological polar surface area (TPSA) is 24.5 Å². The van der Waals surface area contributed by atoms with Crippen molar-refractivity contribution >= 4 is 5.69 Å². The molecule has 1 aliphatic carbocycles. The van der Waals surface area contributed by atoms with Crippen molar-refractivity contribution in [2.45, 2.75) is 25.4 Å². The summed E-state index contributed by atoms with van der Waals surface area (Å²) in [6.45, 7) is 2.21. The van der Waals surface area contributed by atoms with E-state index in [-0.39, 0.29) is 5.82 Å². The Balaban J connectivity index is 2.05. The van der Waals surface area contributed by atoms with Crippen molar-refractivity contribution in [2.24, 2.45) is 0 Å². The number of halogens is 1. The summed E-state index contributed by atoms with van der Waals surface area (Å²) in [6, 6.07) is 5.60. The standard InChI is InChI=1S/C14H21FN2O/c1-17(7-8-18-2)14-6-3-12(15)9-11(14)10-16-13-4-5-13/h3,6,9,13,16H,4-5,7-8,10H2,1-2H3. The van der Waals surface area contributed by atoms with Crippen molar-refractivity contribution < 1.29 is 9.13 Å². The molecular weight excluding hydrogens is 231 g/mol.